The Morgan fingerprint density at radius 2 is 1.71 bits per heavy atom. The third kappa shape index (κ3) is 6.25. The quantitative estimate of drug-likeness (QED) is 0.407. The number of carbonyl (C=O) groups is 1. The van der Waals surface area contributed by atoms with E-state index in [2.05, 4.69) is 4.74 Å². The van der Waals surface area contributed by atoms with Gasteiger partial charge >= 0.3 is 5.97 Å². The second-order valence-corrected chi connectivity index (χ2v) is 8.84. The Hall–Kier alpha value is -1.51. The first kappa shape index (κ1) is 22.8. The van der Waals surface area contributed by atoms with Crippen molar-refractivity contribution in [1.82, 2.24) is 4.31 Å². The molecule has 0 amide bonds. The lowest BCUT2D eigenvalue weighted by atomic mass is 10.3. The molecule has 0 radical (unpaired) electrons. The summed E-state index contributed by atoms with van der Waals surface area (Å²) in [6.45, 7) is -0.138. The maximum Gasteiger partial charge on any atom is 0.321 e. The molecule has 10 heteroatoms. The van der Waals surface area contributed by atoms with Gasteiger partial charge in [0.05, 0.1) is 28.7 Å². The van der Waals surface area contributed by atoms with Gasteiger partial charge in [0.2, 0.25) is 10.0 Å². The minimum absolute atomic E-state index is 0.0335. The van der Waals surface area contributed by atoms with Gasteiger partial charge in [-0.15, -0.1) is 0 Å². The van der Waals surface area contributed by atoms with E-state index in [-0.39, 0.29) is 18.0 Å². The minimum Gasteiger partial charge on any atom is -0.493 e. The van der Waals surface area contributed by atoms with Crippen molar-refractivity contribution in [3.8, 4) is 5.75 Å². The van der Waals surface area contributed by atoms with Gasteiger partial charge in [-0.2, -0.15) is 4.31 Å². The van der Waals surface area contributed by atoms with Gasteiger partial charge in [-0.05, 0) is 42.8 Å². The van der Waals surface area contributed by atoms with Gasteiger partial charge in [0.25, 0.3) is 0 Å². The average Bonchev–Trinajstić information content (AvgIpc) is 2.67. The first-order valence-electron chi connectivity index (χ1n) is 8.14. The van der Waals surface area contributed by atoms with E-state index < -0.39 is 22.5 Å². The van der Waals surface area contributed by atoms with Crippen LogP contribution in [0.2, 0.25) is 15.1 Å². The molecule has 0 aliphatic rings. The van der Waals surface area contributed by atoms with Gasteiger partial charge in [0, 0.05) is 17.6 Å². The summed E-state index contributed by atoms with van der Waals surface area (Å²) >= 11 is 17.6. The predicted octanol–water partition coefficient (Wildman–Crippen LogP) is 4.28. The monoisotopic (exact) mass is 465 g/mol. The van der Waals surface area contributed by atoms with Crippen LogP contribution in [0, 0.1) is 0 Å². The van der Waals surface area contributed by atoms with Crippen molar-refractivity contribution in [1.29, 1.82) is 0 Å². The SMILES string of the molecule is COC(=O)CN(CCCOc1ccc(Cl)c(Cl)c1)S(=O)(=O)c1ccc(Cl)cc1. The zero-order valence-corrected chi connectivity index (χ0v) is 18.0. The number of nitrogens with zero attached hydrogens (tertiary/aromatic N) is 1. The Bertz CT molecular complexity index is 919. The molecule has 0 saturated heterocycles. The van der Waals surface area contributed by atoms with Crippen LogP contribution in [0.15, 0.2) is 47.4 Å². The van der Waals surface area contributed by atoms with Crippen LogP contribution in [-0.4, -0.2) is 45.5 Å². The molecule has 0 aliphatic heterocycles. The molecule has 0 fully saturated rings. The molecule has 2 rings (SSSR count). The van der Waals surface area contributed by atoms with Crippen molar-refractivity contribution in [2.24, 2.45) is 0 Å². The standard InChI is InChI=1S/C18H18Cl3NO5S/c1-26-18(23)12-22(28(24,25)15-6-3-13(19)4-7-15)9-2-10-27-14-5-8-16(20)17(21)11-14/h3-8,11H,2,9-10,12H2,1H3. The summed E-state index contributed by atoms with van der Waals surface area (Å²) in [5.41, 5.74) is 0. The van der Waals surface area contributed by atoms with E-state index in [0.29, 0.717) is 27.2 Å². The van der Waals surface area contributed by atoms with Gasteiger partial charge in [-0.3, -0.25) is 4.79 Å². The number of hydrogen-bond acceptors (Lipinski definition) is 5. The van der Waals surface area contributed by atoms with Gasteiger partial charge in [-0.1, -0.05) is 34.8 Å². The number of sulfonamides is 1. The molecule has 0 aliphatic carbocycles. The van der Waals surface area contributed by atoms with Gasteiger partial charge in [0.15, 0.2) is 0 Å². The highest BCUT2D eigenvalue weighted by Crippen LogP contribution is 2.26. The van der Waals surface area contributed by atoms with E-state index in [0.717, 1.165) is 4.31 Å². The van der Waals surface area contributed by atoms with Crippen LogP contribution in [-0.2, 0) is 19.6 Å². The summed E-state index contributed by atoms with van der Waals surface area (Å²) in [4.78, 5) is 11.7. The molecule has 2 aromatic carbocycles. The van der Waals surface area contributed by atoms with Crippen molar-refractivity contribution in [3.63, 3.8) is 0 Å². The van der Waals surface area contributed by atoms with Gasteiger partial charge < -0.3 is 9.47 Å². The van der Waals surface area contributed by atoms with Crippen LogP contribution in [0.3, 0.4) is 0 Å². The Morgan fingerprint density at radius 3 is 2.32 bits per heavy atom. The van der Waals surface area contributed by atoms with Crippen LogP contribution in [0.1, 0.15) is 6.42 Å². The fourth-order valence-electron chi connectivity index (χ4n) is 2.25. The molecular weight excluding hydrogens is 449 g/mol. The lowest BCUT2D eigenvalue weighted by Crippen LogP contribution is -2.37. The molecule has 28 heavy (non-hydrogen) atoms. The topological polar surface area (TPSA) is 72.9 Å². The number of rotatable bonds is 9. The Labute approximate surface area is 178 Å². The highest BCUT2D eigenvalue weighted by molar-refractivity contribution is 7.89. The van der Waals surface area contributed by atoms with Crippen LogP contribution < -0.4 is 4.74 Å². The normalized spacial score (nSPS) is 11.5. The van der Waals surface area contributed by atoms with E-state index >= 15 is 0 Å². The van der Waals surface area contributed by atoms with Crippen molar-refractivity contribution in [2.75, 3.05) is 26.8 Å². The number of esters is 1. The molecular formula is C18H18Cl3NO5S. The maximum absolute atomic E-state index is 12.8. The average molecular weight is 467 g/mol. The summed E-state index contributed by atoms with van der Waals surface area (Å²) in [5, 5.41) is 1.18. The van der Waals surface area contributed by atoms with E-state index in [1.807, 2.05) is 0 Å². The largest absolute Gasteiger partial charge is 0.493 e. The molecule has 0 atom stereocenters. The zero-order chi connectivity index (χ0) is 20.7. The number of benzene rings is 2. The number of halogens is 3. The highest BCUT2D eigenvalue weighted by atomic mass is 35.5. The smallest absolute Gasteiger partial charge is 0.321 e. The van der Waals surface area contributed by atoms with Crippen LogP contribution in [0.4, 0.5) is 0 Å². The van der Waals surface area contributed by atoms with E-state index in [9.17, 15) is 13.2 Å². The first-order chi connectivity index (χ1) is 13.2. The summed E-state index contributed by atoms with van der Waals surface area (Å²) < 4.78 is 36.9. The molecule has 0 N–H and O–H groups in total. The molecule has 0 bridgehead atoms. The third-order valence-electron chi connectivity index (χ3n) is 3.70. The van der Waals surface area contributed by atoms with Gasteiger partial charge in [0.1, 0.15) is 12.3 Å². The van der Waals surface area contributed by atoms with Crippen LogP contribution >= 0.6 is 34.8 Å². The van der Waals surface area contributed by atoms with E-state index in [1.165, 1.54) is 31.4 Å². The second kappa shape index (κ2) is 10.3. The highest BCUT2D eigenvalue weighted by Gasteiger charge is 2.26. The van der Waals surface area contributed by atoms with Crippen molar-refractivity contribution in [2.45, 2.75) is 11.3 Å². The zero-order valence-electron chi connectivity index (χ0n) is 14.9. The van der Waals surface area contributed by atoms with Crippen molar-refractivity contribution < 1.29 is 22.7 Å². The summed E-state index contributed by atoms with van der Waals surface area (Å²) in [5.74, 6) is -0.155. The lowest BCUT2D eigenvalue weighted by Gasteiger charge is -2.21. The molecule has 152 valence electrons. The second-order valence-electron chi connectivity index (χ2n) is 5.65. The summed E-state index contributed by atoms with van der Waals surface area (Å²) in [6.07, 6.45) is 0.337. The molecule has 6 nitrogen and oxygen atoms in total. The first-order valence-corrected chi connectivity index (χ1v) is 10.7. The summed E-state index contributed by atoms with van der Waals surface area (Å²) in [6, 6.07) is 10.5. The predicted molar refractivity (Wildman–Crippen MR) is 109 cm³/mol. The number of ether oxygens (including phenoxy) is 2. The van der Waals surface area contributed by atoms with Crippen molar-refractivity contribution >= 4 is 50.8 Å². The minimum atomic E-state index is -3.90. The Balaban J connectivity index is 2.05. The molecule has 0 aromatic heterocycles. The lowest BCUT2D eigenvalue weighted by molar-refractivity contribution is -0.140. The Morgan fingerprint density at radius 1 is 1.04 bits per heavy atom. The van der Waals surface area contributed by atoms with E-state index in [4.69, 9.17) is 39.5 Å². The molecule has 0 heterocycles. The number of carbonyl (C=O) groups excluding carboxylic acids is 1. The third-order valence-corrected chi connectivity index (χ3v) is 6.55. The molecule has 0 spiro atoms. The molecule has 0 unspecified atom stereocenters. The fraction of sp³-hybridized carbons (Fsp3) is 0.278. The van der Waals surface area contributed by atoms with Crippen molar-refractivity contribution in [3.05, 3.63) is 57.5 Å². The number of methoxy groups -OCH3 is 1. The summed E-state index contributed by atoms with van der Waals surface area (Å²) in [7, 11) is -2.70. The Kier molecular flexibility index (Phi) is 8.39. The molecule has 0 saturated carbocycles. The van der Waals surface area contributed by atoms with E-state index in [1.54, 1.807) is 18.2 Å². The fourth-order valence-corrected chi connectivity index (χ4v) is 4.08. The number of hydrogen-bond donors (Lipinski definition) is 0. The van der Waals surface area contributed by atoms with Gasteiger partial charge in [-0.25, -0.2) is 8.42 Å². The van der Waals surface area contributed by atoms with Crippen LogP contribution in [0.5, 0.6) is 5.75 Å². The molecule has 2 aromatic rings. The van der Waals surface area contributed by atoms with Crippen LogP contribution in [0.25, 0.3) is 0 Å². The maximum atomic E-state index is 12.8.